The minimum atomic E-state index is -0.00781. The van der Waals surface area contributed by atoms with Gasteiger partial charge in [0.15, 0.2) is 0 Å². The van der Waals surface area contributed by atoms with Crippen molar-refractivity contribution in [2.45, 2.75) is 13.0 Å². The number of ether oxygens (including phenoxy) is 1. The minimum Gasteiger partial charge on any atom is -0.488 e. The van der Waals surface area contributed by atoms with Crippen molar-refractivity contribution in [2.75, 3.05) is 5.88 Å². The molecule has 1 rings (SSSR count). The second-order valence-corrected chi connectivity index (χ2v) is 3.23. The Morgan fingerprint density at radius 1 is 1.42 bits per heavy atom. The molecule has 0 N–H and O–H groups in total. The summed E-state index contributed by atoms with van der Waals surface area (Å²) in [5.41, 5.74) is 0. The molecule has 1 atom stereocenters. The quantitative estimate of drug-likeness (QED) is 0.687. The van der Waals surface area contributed by atoms with Gasteiger partial charge < -0.3 is 4.74 Å². The van der Waals surface area contributed by atoms with Gasteiger partial charge in [0.25, 0.3) is 0 Å². The van der Waals surface area contributed by atoms with Crippen LogP contribution in [0.5, 0.6) is 5.75 Å². The van der Waals surface area contributed by atoms with Gasteiger partial charge in [0, 0.05) is 0 Å². The molecule has 0 aromatic heterocycles. The van der Waals surface area contributed by atoms with E-state index in [0.717, 1.165) is 0 Å². The van der Waals surface area contributed by atoms with Crippen LogP contribution in [0.3, 0.4) is 0 Å². The van der Waals surface area contributed by atoms with E-state index in [1.807, 2.05) is 25.1 Å². The Labute approximate surface area is 82.2 Å². The molecule has 0 bridgehead atoms. The van der Waals surface area contributed by atoms with Crippen LogP contribution in [0.4, 0.5) is 0 Å². The molecule has 1 aromatic rings. The zero-order valence-corrected chi connectivity index (χ0v) is 8.27. The molecule has 66 valence electrons. The first-order valence-corrected chi connectivity index (χ1v) is 4.62. The van der Waals surface area contributed by atoms with Crippen molar-refractivity contribution in [2.24, 2.45) is 0 Å². The van der Waals surface area contributed by atoms with Gasteiger partial charge in [-0.3, -0.25) is 0 Å². The van der Waals surface area contributed by atoms with Crippen molar-refractivity contribution in [3.05, 3.63) is 29.3 Å². The first-order valence-electron chi connectivity index (χ1n) is 3.71. The van der Waals surface area contributed by atoms with E-state index >= 15 is 0 Å². The number of alkyl halides is 1. The Balaban J connectivity index is 2.69. The molecule has 0 aliphatic rings. The SMILES string of the molecule is CC(CCl)Oc1ccccc1Cl. The highest BCUT2D eigenvalue weighted by molar-refractivity contribution is 6.32. The summed E-state index contributed by atoms with van der Waals surface area (Å²) in [4.78, 5) is 0. The first-order chi connectivity index (χ1) is 5.74. The van der Waals surface area contributed by atoms with E-state index in [-0.39, 0.29) is 6.10 Å². The molecule has 1 unspecified atom stereocenters. The van der Waals surface area contributed by atoms with Crippen LogP contribution >= 0.6 is 23.2 Å². The Morgan fingerprint density at radius 2 is 2.08 bits per heavy atom. The van der Waals surface area contributed by atoms with Crippen LogP contribution in [0.1, 0.15) is 6.92 Å². The minimum absolute atomic E-state index is 0.00781. The summed E-state index contributed by atoms with van der Waals surface area (Å²) in [6, 6.07) is 7.35. The van der Waals surface area contributed by atoms with Crippen molar-refractivity contribution in [3.63, 3.8) is 0 Å². The van der Waals surface area contributed by atoms with E-state index in [1.165, 1.54) is 0 Å². The summed E-state index contributed by atoms with van der Waals surface area (Å²) in [5.74, 6) is 1.15. The van der Waals surface area contributed by atoms with Gasteiger partial charge >= 0.3 is 0 Å². The number of hydrogen-bond acceptors (Lipinski definition) is 1. The molecule has 1 aromatic carbocycles. The second-order valence-electron chi connectivity index (χ2n) is 2.51. The molecule has 0 saturated carbocycles. The predicted octanol–water partition coefficient (Wildman–Crippen LogP) is 3.35. The first kappa shape index (κ1) is 9.69. The predicted molar refractivity (Wildman–Crippen MR) is 52.3 cm³/mol. The molecule has 0 heterocycles. The van der Waals surface area contributed by atoms with Crippen molar-refractivity contribution in [1.82, 2.24) is 0 Å². The summed E-state index contributed by atoms with van der Waals surface area (Å²) >= 11 is 11.4. The normalized spacial score (nSPS) is 12.6. The van der Waals surface area contributed by atoms with Gasteiger partial charge in [-0.05, 0) is 19.1 Å². The van der Waals surface area contributed by atoms with Crippen LogP contribution in [-0.2, 0) is 0 Å². The lowest BCUT2D eigenvalue weighted by Gasteiger charge is -2.12. The molecule has 0 spiro atoms. The fourth-order valence-corrected chi connectivity index (χ4v) is 1.03. The average molecular weight is 205 g/mol. The summed E-state index contributed by atoms with van der Waals surface area (Å²) in [5, 5.41) is 0.620. The summed E-state index contributed by atoms with van der Waals surface area (Å²) in [7, 11) is 0. The van der Waals surface area contributed by atoms with E-state index < -0.39 is 0 Å². The number of halogens is 2. The highest BCUT2D eigenvalue weighted by atomic mass is 35.5. The molecular formula is C9H10Cl2O. The van der Waals surface area contributed by atoms with E-state index in [1.54, 1.807) is 6.07 Å². The van der Waals surface area contributed by atoms with Crippen LogP contribution in [0.25, 0.3) is 0 Å². The lowest BCUT2D eigenvalue weighted by atomic mass is 10.3. The van der Waals surface area contributed by atoms with Crippen molar-refractivity contribution in [1.29, 1.82) is 0 Å². The third-order valence-corrected chi connectivity index (χ3v) is 2.13. The van der Waals surface area contributed by atoms with Crippen LogP contribution in [-0.4, -0.2) is 12.0 Å². The van der Waals surface area contributed by atoms with E-state index in [2.05, 4.69) is 0 Å². The fraction of sp³-hybridized carbons (Fsp3) is 0.333. The van der Waals surface area contributed by atoms with Gasteiger partial charge in [-0.25, -0.2) is 0 Å². The van der Waals surface area contributed by atoms with Crippen molar-refractivity contribution < 1.29 is 4.74 Å². The molecule has 0 radical (unpaired) electrons. The molecule has 0 amide bonds. The number of benzene rings is 1. The standard InChI is InChI=1S/C9H10Cl2O/c1-7(6-10)12-9-5-3-2-4-8(9)11/h2-5,7H,6H2,1H3. The molecule has 0 saturated heterocycles. The Hall–Kier alpha value is -0.400. The maximum atomic E-state index is 5.86. The maximum Gasteiger partial charge on any atom is 0.138 e. The van der Waals surface area contributed by atoms with E-state index in [4.69, 9.17) is 27.9 Å². The van der Waals surface area contributed by atoms with Gasteiger partial charge in [0.05, 0.1) is 10.9 Å². The average Bonchev–Trinajstić information content (AvgIpc) is 2.09. The largest absolute Gasteiger partial charge is 0.488 e. The molecule has 12 heavy (non-hydrogen) atoms. The zero-order valence-electron chi connectivity index (χ0n) is 6.76. The van der Waals surface area contributed by atoms with Crippen molar-refractivity contribution >= 4 is 23.2 Å². The lowest BCUT2D eigenvalue weighted by molar-refractivity contribution is 0.245. The summed E-state index contributed by atoms with van der Waals surface area (Å²) in [6.45, 7) is 1.90. The highest BCUT2D eigenvalue weighted by Crippen LogP contribution is 2.24. The van der Waals surface area contributed by atoms with Crippen LogP contribution < -0.4 is 4.74 Å². The number of hydrogen-bond donors (Lipinski definition) is 0. The topological polar surface area (TPSA) is 9.23 Å². The Kier molecular flexibility index (Phi) is 3.70. The second kappa shape index (κ2) is 4.58. The molecule has 1 nitrogen and oxygen atoms in total. The van der Waals surface area contributed by atoms with E-state index in [0.29, 0.717) is 16.7 Å². The molecule has 0 fully saturated rings. The van der Waals surface area contributed by atoms with Gasteiger partial charge in [-0.1, -0.05) is 23.7 Å². The molecule has 0 aliphatic carbocycles. The summed E-state index contributed by atoms with van der Waals surface area (Å²) in [6.07, 6.45) is -0.00781. The highest BCUT2D eigenvalue weighted by Gasteiger charge is 2.04. The molecule has 0 aliphatic heterocycles. The number of para-hydroxylation sites is 1. The summed E-state index contributed by atoms with van der Waals surface area (Å²) < 4.78 is 5.43. The fourth-order valence-electron chi connectivity index (χ4n) is 0.789. The Morgan fingerprint density at radius 3 is 2.67 bits per heavy atom. The van der Waals surface area contributed by atoms with Gasteiger partial charge in [-0.15, -0.1) is 11.6 Å². The monoisotopic (exact) mass is 204 g/mol. The zero-order chi connectivity index (χ0) is 8.97. The smallest absolute Gasteiger partial charge is 0.138 e. The molecule has 3 heteroatoms. The lowest BCUT2D eigenvalue weighted by Crippen LogP contribution is -2.13. The third-order valence-electron chi connectivity index (χ3n) is 1.38. The van der Waals surface area contributed by atoms with E-state index in [9.17, 15) is 0 Å². The number of rotatable bonds is 3. The van der Waals surface area contributed by atoms with Crippen LogP contribution in [0, 0.1) is 0 Å². The Bertz CT molecular complexity index is 250. The molecular weight excluding hydrogens is 195 g/mol. The van der Waals surface area contributed by atoms with Gasteiger partial charge in [-0.2, -0.15) is 0 Å². The van der Waals surface area contributed by atoms with Gasteiger partial charge in [0.1, 0.15) is 11.9 Å². The van der Waals surface area contributed by atoms with Crippen molar-refractivity contribution in [3.8, 4) is 5.75 Å². The third kappa shape index (κ3) is 2.58. The van der Waals surface area contributed by atoms with Crippen LogP contribution in [0.15, 0.2) is 24.3 Å². The van der Waals surface area contributed by atoms with Crippen LogP contribution in [0.2, 0.25) is 5.02 Å². The van der Waals surface area contributed by atoms with Gasteiger partial charge in [0.2, 0.25) is 0 Å². The maximum absolute atomic E-state index is 5.86.